The number of likely N-dealkylation sites (N-methyl/N-ethyl adjacent to an activating group) is 1. The van der Waals surface area contributed by atoms with Crippen LogP contribution in [0.3, 0.4) is 0 Å². The Morgan fingerprint density at radius 1 is 1.16 bits per heavy atom. The molecule has 0 unspecified atom stereocenters. The van der Waals surface area contributed by atoms with E-state index in [1.54, 1.807) is 6.07 Å². The van der Waals surface area contributed by atoms with Gasteiger partial charge in [-0.1, -0.05) is 23.7 Å². The van der Waals surface area contributed by atoms with Gasteiger partial charge in [-0.25, -0.2) is 4.39 Å². The van der Waals surface area contributed by atoms with Gasteiger partial charge < -0.3 is 10.2 Å². The van der Waals surface area contributed by atoms with Gasteiger partial charge in [0.15, 0.2) is 0 Å². The molecule has 0 saturated heterocycles. The van der Waals surface area contributed by atoms with E-state index in [2.05, 4.69) is 5.32 Å². The van der Waals surface area contributed by atoms with Crippen molar-refractivity contribution in [3.05, 3.63) is 59.4 Å². The molecular formula is C15H16ClFN2. The van der Waals surface area contributed by atoms with Crippen LogP contribution in [-0.2, 0) is 0 Å². The highest BCUT2D eigenvalue weighted by atomic mass is 35.5. The van der Waals surface area contributed by atoms with Crippen LogP contribution in [0.2, 0.25) is 5.02 Å². The summed E-state index contributed by atoms with van der Waals surface area (Å²) < 4.78 is 13.1. The first kappa shape index (κ1) is 13.7. The molecule has 0 aliphatic heterocycles. The Labute approximate surface area is 117 Å². The van der Waals surface area contributed by atoms with Crippen molar-refractivity contribution >= 4 is 23.0 Å². The minimum absolute atomic E-state index is 0.216. The molecule has 0 amide bonds. The third-order valence-corrected chi connectivity index (χ3v) is 3.09. The second-order valence-electron chi connectivity index (χ2n) is 4.34. The van der Waals surface area contributed by atoms with Gasteiger partial charge in [0.05, 0.1) is 0 Å². The highest BCUT2D eigenvalue weighted by molar-refractivity contribution is 6.30. The van der Waals surface area contributed by atoms with E-state index in [0.29, 0.717) is 5.02 Å². The average Bonchev–Trinajstić information content (AvgIpc) is 2.38. The van der Waals surface area contributed by atoms with Gasteiger partial charge in [0.2, 0.25) is 0 Å². The monoisotopic (exact) mass is 278 g/mol. The number of nitrogens with zero attached hydrogens (tertiary/aromatic N) is 1. The predicted molar refractivity (Wildman–Crippen MR) is 79.6 cm³/mol. The quantitative estimate of drug-likeness (QED) is 0.888. The van der Waals surface area contributed by atoms with Crippen LogP contribution in [0.5, 0.6) is 0 Å². The second kappa shape index (κ2) is 6.43. The molecule has 0 radical (unpaired) electrons. The topological polar surface area (TPSA) is 15.3 Å². The summed E-state index contributed by atoms with van der Waals surface area (Å²) in [7, 11) is 1.94. The molecule has 0 saturated carbocycles. The molecule has 0 aromatic heterocycles. The Bertz CT molecular complexity index is 545. The lowest BCUT2D eigenvalue weighted by atomic mass is 10.3. The number of hydrogen-bond acceptors (Lipinski definition) is 2. The number of hydrogen-bond donors (Lipinski definition) is 1. The molecule has 0 fully saturated rings. The second-order valence-corrected chi connectivity index (χ2v) is 4.77. The van der Waals surface area contributed by atoms with Gasteiger partial charge in [0, 0.05) is 36.5 Å². The van der Waals surface area contributed by atoms with Crippen molar-refractivity contribution < 1.29 is 4.39 Å². The molecule has 1 N–H and O–H groups in total. The van der Waals surface area contributed by atoms with Crippen LogP contribution in [0, 0.1) is 5.82 Å². The summed E-state index contributed by atoms with van der Waals surface area (Å²) in [5.74, 6) is -0.216. The molecule has 0 aliphatic carbocycles. The van der Waals surface area contributed by atoms with E-state index < -0.39 is 0 Å². The largest absolute Gasteiger partial charge is 0.383 e. The fourth-order valence-corrected chi connectivity index (χ4v) is 2.00. The maximum absolute atomic E-state index is 13.1. The first-order valence-corrected chi connectivity index (χ1v) is 6.49. The Morgan fingerprint density at radius 2 is 1.95 bits per heavy atom. The van der Waals surface area contributed by atoms with Gasteiger partial charge in [-0.15, -0.1) is 0 Å². The fraction of sp³-hybridized carbons (Fsp3) is 0.200. The molecule has 0 spiro atoms. The summed E-state index contributed by atoms with van der Waals surface area (Å²) in [6.07, 6.45) is 0. The highest BCUT2D eigenvalue weighted by Crippen LogP contribution is 2.16. The van der Waals surface area contributed by atoms with Gasteiger partial charge in [0.25, 0.3) is 0 Å². The van der Waals surface area contributed by atoms with Crippen molar-refractivity contribution in [1.29, 1.82) is 0 Å². The standard InChI is InChI=1S/C15H16ClFN2/c1-19(15-7-3-5-13(17)11-15)9-8-18-14-6-2-4-12(16)10-14/h2-7,10-11,18H,8-9H2,1H3. The van der Waals surface area contributed by atoms with E-state index in [1.807, 2.05) is 42.3 Å². The lowest BCUT2D eigenvalue weighted by Crippen LogP contribution is -2.24. The molecule has 2 rings (SSSR count). The molecule has 100 valence electrons. The van der Waals surface area contributed by atoms with Crippen LogP contribution in [0.15, 0.2) is 48.5 Å². The zero-order valence-corrected chi connectivity index (χ0v) is 11.5. The molecule has 2 aromatic rings. The average molecular weight is 279 g/mol. The number of anilines is 2. The first-order valence-electron chi connectivity index (χ1n) is 6.11. The molecule has 2 aromatic carbocycles. The van der Waals surface area contributed by atoms with Crippen LogP contribution < -0.4 is 10.2 Å². The minimum Gasteiger partial charge on any atom is -0.383 e. The summed E-state index contributed by atoms with van der Waals surface area (Å²) in [4.78, 5) is 2.00. The molecule has 0 atom stereocenters. The highest BCUT2D eigenvalue weighted by Gasteiger charge is 2.01. The fourth-order valence-electron chi connectivity index (χ4n) is 1.81. The first-order chi connectivity index (χ1) is 9.15. The van der Waals surface area contributed by atoms with Gasteiger partial charge in [-0.2, -0.15) is 0 Å². The third-order valence-electron chi connectivity index (χ3n) is 2.85. The van der Waals surface area contributed by atoms with Gasteiger partial charge in [0.1, 0.15) is 5.82 Å². The number of rotatable bonds is 5. The van der Waals surface area contributed by atoms with E-state index in [-0.39, 0.29) is 5.82 Å². The molecule has 4 heteroatoms. The van der Waals surface area contributed by atoms with Crippen molar-refractivity contribution in [3.63, 3.8) is 0 Å². The lowest BCUT2D eigenvalue weighted by Gasteiger charge is -2.19. The maximum atomic E-state index is 13.1. The minimum atomic E-state index is -0.216. The maximum Gasteiger partial charge on any atom is 0.125 e. The molecule has 0 bridgehead atoms. The van der Waals surface area contributed by atoms with Crippen LogP contribution in [-0.4, -0.2) is 20.1 Å². The molecular weight excluding hydrogens is 263 g/mol. The van der Waals surface area contributed by atoms with Crippen LogP contribution in [0.1, 0.15) is 0 Å². The summed E-state index contributed by atoms with van der Waals surface area (Å²) in [5.41, 5.74) is 1.85. The number of benzene rings is 2. The van der Waals surface area contributed by atoms with Gasteiger partial charge in [-0.3, -0.25) is 0 Å². The van der Waals surface area contributed by atoms with Gasteiger partial charge in [-0.05, 0) is 36.4 Å². The van der Waals surface area contributed by atoms with Crippen LogP contribution in [0.4, 0.5) is 15.8 Å². The Morgan fingerprint density at radius 3 is 2.68 bits per heavy atom. The summed E-state index contributed by atoms with van der Waals surface area (Å²) in [6, 6.07) is 14.2. The zero-order chi connectivity index (χ0) is 13.7. The smallest absolute Gasteiger partial charge is 0.125 e. The SMILES string of the molecule is CN(CCNc1cccc(Cl)c1)c1cccc(F)c1. The predicted octanol–water partition coefficient (Wildman–Crippen LogP) is 4.03. The van der Waals surface area contributed by atoms with Crippen LogP contribution >= 0.6 is 11.6 Å². The van der Waals surface area contributed by atoms with Crippen molar-refractivity contribution in [2.75, 3.05) is 30.4 Å². The van der Waals surface area contributed by atoms with Crippen molar-refractivity contribution in [3.8, 4) is 0 Å². The molecule has 2 nitrogen and oxygen atoms in total. The number of halogens is 2. The summed E-state index contributed by atoms with van der Waals surface area (Å²) in [6.45, 7) is 1.53. The summed E-state index contributed by atoms with van der Waals surface area (Å²) >= 11 is 5.91. The molecule has 0 aliphatic rings. The Kier molecular flexibility index (Phi) is 4.63. The zero-order valence-electron chi connectivity index (χ0n) is 10.7. The normalized spacial score (nSPS) is 10.3. The molecule has 0 heterocycles. The van der Waals surface area contributed by atoms with Crippen molar-refractivity contribution in [1.82, 2.24) is 0 Å². The van der Waals surface area contributed by atoms with E-state index in [4.69, 9.17) is 11.6 Å². The van der Waals surface area contributed by atoms with Crippen molar-refractivity contribution in [2.45, 2.75) is 0 Å². The van der Waals surface area contributed by atoms with E-state index in [1.165, 1.54) is 12.1 Å². The Balaban J connectivity index is 1.85. The van der Waals surface area contributed by atoms with Crippen molar-refractivity contribution in [2.24, 2.45) is 0 Å². The molecule has 19 heavy (non-hydrogen) atoms. The van der Waals surface area contributed by atoms with E-state index in [0.717, 1.165) is 24.5 Å². The van der Waals surface area contributed by atoms with Gasteiger partial charge >= 0.3 is 0 Å². The van der Waals surface area contributed by atoms with E-state index >= 15 is 0 Å². The number of nitrogens with one attached hydrogen (secondary N) is 1. The third kappa shape index (κ3) is 4.14. The Hall–Kier alpha value is -1.74. The lowest BCUT2D eigenvalue weighted by molar-refractivity contribution is 0.627. The van der Waals surface area contributed by atoms with Crippen LogP contribution in [0.25, 0.3) is 0 Å². The summed E-state index contributed by atoms with van der Waals surface area (Å²) in [5, 5.41) is 3.99. The van der Waals surface area contributed by atoms with E-state index in [9.17, 15) is 4.39 Å².